The Morgan fingerprint density at radius 3 is 2.36 bits per heavy atom. The van der Waals surface area contributed by atoms with Crippen LogP contribution in [0.4, 0.5) is 0 Å². The summed E-state index contributed by atoms with van der Waals surface area (Å²) in [5, 5.41) is 0. The molecule has 0 bridgehead atoms. The number of fused-ring (bicyclic) bond motifs is 1. The van der Waals surface area contributed by atoms with E-state index in [9.17, 15) is 14.4 Å². The summed E-state index contributed by atoms with van der Waals surface area (Å²) in [6.07, 6.45) is 0. The molecule has 0 radical (unpaired) electrons. The Balaban J connectivity index is 2.30. The molecular weight excluding hydrogens is 348 g/mol. The van der Waals surface area contributed by atoms with Gasteiger partial charge in [-0.25, -0.2) is 0 Å². The van der Waals surface area contributed by atoms with Crippen LogP contribution in [-0.4, -0.2) is 39.4 Å². The fourth-order valence-electron chi connectivity index (χ4n) is 3.26. The molecule has 2 aliphatic rings. The van der Waals surface area contributed by atoms with Gasteiger partial charge in [0.1, 0.15) is 11.4 Å². The van der Waals surface area contributed by atoms with Crippen molar-refractivity contribution in [2.24, 2.45) is 0 Å². The van der Waals surface area contributed by atoms with Crippen LogP contribution in [0.1, 0.15) is 57.7 Å². The molecule has 2 heterocycles. The SMILES string of the molecule is CCn1c(C)c(C(C)=O)c2c1C(=O)C(Br)=C(N1CC1C)C2=O. The van der Waals surface area contributed by atoms with E-state index in [0.717, 1.165) is 6.54 Å². The normalized spacial score (nSPS) is 20.6. The average Bonchev–Trinajstić information content (AvgIpc) is 3.06. The predicted octanol–water partition coefficient (Wildman–Crippen LogP) is 2.71. The first kappa shape index (κ1) is 15.2. The number of rotatable bonds is 3. The maximum Gasteiger partial charge on any atom is 0.219 e. The van der Waals surface area contributed by atoms with E-state index in [4.69, 9.17) is 0 Å². The molecule has 1 fully saturated rings. The van der Waals surface area contributed by atoms with Crippen molar-refractivity contribution in [1.82, 2.24) is 9.47 Å². The lowest BCUT2D eigenvalue weighted by Gasteiger charge is -2.19. The fraction of sp³-hybridized carbons (Fsp3) is 0.438. The summed E-state index contributed by atoms with van der Waals surface area (Å²) in [5.74, 6) is -0.634. The van der Waals surface area contributed by atoms with Gasteiger partial charge in [-0.15, -0.1) is 0 Å². The van der Waals surface area contributed by atoms with E-state index < -0.39 is 0 Å². The van der Waals surface area contributed by atoms with E-state index in [1.807, 2.05) is 18.7 Å². The van der Waals surface area contributed by atoms with Crippen molar-refractivity contribution in [2.75, 3.05) is 6.54 Å². The lowest BCUT2D eigenvalue weighted by Crippen LogP contribution is -2.26. The molecule has 0 aromatic carbocycles. The largest absolute Gasteiger partial charge is 0.361 e. The van der Waals surface area contributed by atoms with Gasteiger partial charge in [-0.05, 0) is 43.6 Å². The Morgan fingerprint density at radius 1 is 1.32 bits per heavy atom. The number of ketones is 3. The summed E-state index contributed by atoms with van der Waals surface area (Å²) >= 11 is 3.30. The summed E-state index contributed by atoms with van der Waals surface area (Å²) in [5.41, 5.74) is 2.06. The number of allylic oxidation sites excluding steroid dienone is 2. The number of halogens is 1. The van der Waals surface area contributed by atoms with Gasteiger partial charge in [-0.2, -0.15) is 0 Å². The van der Waals surface area contributed by atoms with E-state index in [0.29, 0.717) is 33.7 Å². The van der Waals surface area contributed by atoms with Crippen LogP contribution >= 0.6 is 15.9 Å². The lowest BCUT2D eigenvalue weighted by molar-refractivity contribution is 0.0954. The quantitative estimate of drug-likeness (QED) is 0.611. The third-order valence-corrected chi connectivity index (χ3v) is 5.14. The van der Waals surface area contributed by atoms with Gasteiger partial charge in [-0.1, -0.05) is 0 Å². The Morgan fingerprint density at radius 2 is 1.91 bits per heavy atom. The zero-order chi connectivity index (χ0) is 16.3. The van der Waals surface area contributed by atoms with Crippen LogP contribution in [0.3, 0.4) is 0 Å². The monoisotopic (exact) mass is 364 g/mol. The Kier molecular flexibility index (Phi) is 3.40. The minimum absolute atomic E-state index is 0.182. The van der Waals surface area contributed by atoms with Crippen molar-refractivity contribution in [3.05, 3.63) is 32.7 Å². The maximum atomic E-state index is 13.0. The summed E-state index contributed by atoms with van der Waals surface area (Å²) < 4.78 is 2.06. The molecule has 1 saturated heterocycles. The molecule has 1 aromatic rings. The van der Waals surface area contributed by atoms with Crippen molar-refractivity contribution < 1.29 is 14.4 Å². The number of nitrogens with zero attached hydrogens (tertiary/aromatic N) is 2. The molecule has 3 rings (SSSR count). The molecule has 1 aliphatic heterocycles. The third kappa shape index (κ3) is 1.86. The van der Waals surface area contributed by atoms with Gasteiger partial charge in [0, 0.05) is 30.4 Å². The first-order valence-corrected chi connectivity index (χ1v) is 8.10. The van der Waals surface area contributed by atoms with E-state index in [1.165, 1.54) is 6.92 Å². The van der Waals surface area contributed by atoms with Crippen molar-refractivity contribution in [2.45, 2.75) is 40.3 Å². The first-order chi connectivity index (χ1) is 10.3. The van der Waals surface area contributed by atoms with Crippen molar-refractivity contribution in [1.29, 1.82) is 0 Å². The molecule has 116 valence electrons. The summed E-state index contributed by atoms with van der Waals surface area (Å²) in [4.78, 5) is 39.6. The van der Waals surface area contributed by atoms with Gasteiger partial charge in [0.2, 0.25) is 11.6 Å². The van der Waals surface area contributed by atoms with Crippen molar-refractivity contribution >= 4 is 33.3 Å². The predicted molar refractivity (Wildman–Crippen MR) is 85.6 cm³/mol. The van der Waals surface area contributed by atoms with Crippen LogP contribution in [0.2, 0.25) is 0 Å². The van der Waals surface area contributed by atoms with E-state index in [1.54, 1.807) is 11.5 Å². The fourth-order valence-corrected chi connectivity index (χ4v) is 3.85. The van der Waals surface area contributed by atoms with E-state index >= 15 is 0 Å². The van der Waals surface area contributed by atoms with Gasteiger partial charge < -0.3 is 9.47 Å². The second-order valence-corrected chi connectivity index (χ2v) is 6.60. The zero-order valence-corrected chi connectivity index (χ0v) is 14.6. The van der Waals surface area contributed by atoms with Gasteiger partial charge >= 0.3 is 0 Å². The standard InChI is InChI=1S/C16H17BrN2O3/c1-5-18-8(3)10(9(4)20)11-13(18)16(22)12(17)14(15(11)21)19-6-7(19)2/h7H,5-6H2,1-4H3. The Hall–Kier alpha value is -1.69. The van der Waals surface area contributed by atoms with Crippen LogP contribution < -0.4 is 0 Å². The lowest BCUT2D eigenvalue weighted by atomic mass is 9.93. The van der Waals surface area contributed by atoms with Gasteiger partial charge in [0.25, 0.3) is 0 Å². The molecule has 1 aliphatic carbocycles. The molecule has 0 saturated carbocycles. The maximum absolute atomic E-state index is 13.0. The van der Waals surface area contributed by atoms with Crippen LogP contribution in [0.15, 0.2) is 10.2 Å². The van der Waals surface area contributed by atoms with Gasteiger partial charge in [-0.3, -0.25) is 14.4 Å². The van der Waals surface area contributed by atoms with Gasteiger partial charge in [0.15, 0.2) is 5.78 Å². The minimum atomic E-state index is -0.230. The molecular formula is C16H17BrN2O3. The summed E-state index contributed by atoms with van der Waals surface area (Å²) in [6, 6.07) is 0.246. The minimum Gasteiger partial charge on any atom is -0.361 e. The van der Waals surface area contributed by atoms with E-state index in [2.05, 4.69) is 15.9 Å². The molecule has 1 atom stereocenters. The molecule has 0 spiro atoms. The van der Waals surface area contributed by atoms with E-state index in [-0.39, 0.29) is 29.0 Å². The van der Waals surface area contributed by atoms with Crippen LogP contribution in [0, 0.1) is 6.92 Å². The van der Waals surface area contributed by atoms with Crippen LogP contribution in [0.25, 0.3) is 0 Å². The summed E-state index contributed by atoms with van der Waals surface area (Å²) in [7, 11) is 0. The number of hydrogen-bond acceptors (Lipinski definition) is 4. The Bertz CT molecular complexity index is 773. The Labute approximate surface area is 137 Å². The number of hydrogen-bond donors (Lipinski definition) is 0. The van der Waals surface area contributed by atoms with Crippen molar-refractivity contribution in [3.8, 4) is 0 Å². The smallest absolute Gasteiger partial charge is 0.219 e. The highest BCUT2D eigenvalue weighted by Crippen LogP contribution is 2.39. The number of aromatic nitrogens is 1. The molecule has 5 nitrogen and oxygen atoms in total. The van der Waals surface area contributed by atoms with Crippen LogP contribution in [0.5, 0.6) is 0 Å². The number of carbonyl (C=O) groups excluding carboxylic acids is 3. The molecule has 6 heteroatoms. The topological polar surface area (TPSA) is 59.1 Å². The average molecular weight is 365 g/mol. The number of carbonyl (C=O) groups is 3. The highest BCUT2D eigenvalue weighted by atomic mass is 79.9. The molecule has 0 N–H and O–H groups in total. The number of Topliss-reactive ketones (excluding diaryl/α,β-unsaturated/α-hetero) is 3. The molecule has 22 heavy (non-hydrogen) atoms. The highest BCUT2D eigenvalue weighted by molar-refractivity contribution is 9.12. The molecule has 1 unspecified atom stereocenters. The zero-order valence-electron chi connectivity index (χ0n) is 13.0. The molecule has 1 aromatic heterocycles. The summed E-state index contributed by atoms with van der Waals surface area (Å²) in [6.45, 7) is 8.40. The van der Waals surface area contributed by atoms with Gasteiger partial charge in [0.05, 0.1) is 10.0 Å². The third-order valence-electron chi connectivity index (χ3n) is 4.40. The second kappa shape index (κ2) is 4.91. The molecule has 0 amide bonds. The highest BCUT2D eigenvalue weighted by Gasteiger charge is 2.45. The second-order valence-electron chi connectivity index (χ2n) is 5.81. The van der Waals surface area contributed by atoms with Crippen LogP contribution in [-0.2, 0) is 6.54 Å². The van der Waals surface area contributed by atoms with Crippen molar-refractivity contribution in [3.63, 3.8) is 0 Å². The first-order valence-electron chi connectivity index (χ1n) is 7.31.